The molecule has 178 valence electrons. The van der Waals surface area contributed by atoms with Gasteiger partial charge >= 0.3 is 0 Å². The van der Waals surface area contributed by atoms with Crippen molar-refractivity contribution in [3.63, 3.8) is 0 Å². The molecule has 4 N–H and O–H groups in total. The minimum absolute atomic E-state index is 0.00758. The number of ether oxygens (including phenoxy) is 2. The molecule has 3 atom stereocenters. The summed E-state index contributed by atoms with van der Waals surface area (Å²) in [6.45, 7) is 0.796. The number of aryl methyl sites for hydroxylation is 1. The first kappa shape index (κ1) is 23.5. The fourth-order valence-corrected chi connectivity index (χ4v) is 4.04. The molecule has 0 bridgehead atoms. The molecule has 0 saturated heterocycles. The Hall–Kier alpha value is -3.61. The third-order valence-corrected chi connectivity index (χ3v) is 5.91. The second kappa shape index (κ2) is 10.5. The molecule has 0 radical (unpaired) electrons. The highest BCUT2D eigenvalue weighted by Crippen LogP contribution is 2.31. The van der Waals surface area contributed by atoms with Gasteiger partial charge in [0.1, 0.15) is 11.5 Å². The predicted octanol–water partition coefficient (Wildman–Crippen LogP) is 1.26. The number of rotatable bonds is 7. The van der Waals surface area contributed by atoms with Crippen LogP contribution in [0.15, 0.2) is 69.6 Å². The molecule has 3 unspecified atom stereocenters. The summed E-state index contributed by atoms with van der Waals surface area (Å²) in [5.74, 6) is 7.84. The first-order valence-corrected chi connectivity index (χ1v) is 11.2. The van der Waals surface area contributed by atoms with E-state index in [2.05, 4.69) is 40.1 Å². The molecule has 9 heteroatoms. The topological polar surface area (TPSA) is 116 Å². The molecule has 0 spiro atoms. The molecule has 0 amide bonds. The molecule has 1 aromatic rings. The number of fused-ring (bicyclic) bond motifs is 1. The lowest BCUT2D eigenvalue weighted by atomic mass is 9.98. The van der Waals surface area contributed by atoms with E-state index in [9.17, 15) is 0 Å². The summed E-state index contributed by atoms with van der Waals surface area (Å²) < 4.78 is 12.8. The molecule has 4 rings (SSSR count). The van der Waals surface area contributed by atoms with E-state index in [-0.39, 0.29) is 18.1 Å². The molecule has 2 aliphatic carbocycles. The van der Waals surface area contributed by atoms with Crippen molar-refractivity contribution in [2.75, 3.05) is 27.3 Å². The SMILES string of the molecule is COC1=CC(N(CC#CC(N)CN)C2=CCC3N=CC(c4cnn(C)c4)=NC3=C2)CC(OC)=C1. The summed E-state index contributed by atoms with van der Waals surface area (Å²) in [5.41, 5.74) is 15.3. The Morgan fingerprint density at radius 3 is 2.85 bits per heavy atom. The third-order valence-electron chi connectivity index (χ3n) is 5.91. The van der Waals surface area contributed by atoms with Crippen LogP contribution < -0.4 is 11.5 Å². The first-order chi connectivity index (χ1) is 16.5. The minimum Gasteiger partial charge on any atom is -0.501 e. The van der Waals surface area contributed by atoms with E-state index in [0.717, 1.165) is 40.6 Å². The zero-order chi connectivity index (χ0) is 24.1. The van der Waals surface area contributed by atoms with Crippen LogP contribution in [0.3, 0.4) is 0 Å². The summed E-state index contributed by atoms with van der Waals surface area (Å²) in [7, 11) is 5.22. The molecule has 0 saturated carbocycles. The molecule has 3 aliphatic rings. The largest absolute Gasteiger partial charge is 0.501 e. The Balaban J connectivity index is 1.65. The Labute approximate surface area is 200 Å². The van der Waals surface area contributed by atoms with Gasteiger partial charge in [0.05, 0.1) is 56.5 Å². The highest BCUT2D eigenvalue weighted by molar-refractivity contribution is 6.38. The van der Waals surface area contributed by atoms with Crippen LogP contribution in [0.1, 0.15) is 18.4 Å². The van der Waals surface area contributed by atoms with E-state index < -0.39 is 0 Å². The zero-order valence-corrected chi connectivity index (χ0v) is 19.8. The van der Waals surface area contributed by atoms with Gasteiger partial charge in [-0.05, 0) is 18.6 Å². The molecule has 0 aromatic carbocycles. The molecule has 1 aliphatic heterocycles. The summed E-state index contributed by atoms with van der Waals surface area (Å²) in [6.07, 6.45) is 15.3. The van der Waals surface area contributed by atoms with Crippen molar-refractivity contribution in [3.05, 3.63) is 65.2 Å². The van der Waals surface area contributed by atoms with Crippen LogP contribution in [0, 0.1) is 11.8 Å². The number of nitrogens with zero attached hydrogens (tertiary/aromatic N) is 5. The van der Waals surface area contributed by atoms with Crippen molar-refractivity contribution in [2.24, 2.45) is 28.5 Å². The van der Waals surface area contributed by atoms with Crippen molar-refractivity contribution in [3.8, 4) is 11.8 Å². The smallest absolute Gasteiger partial charge is 0.120 e. The Morgan fingerprint density at radius 2 is 2.15 bits per heavy atom. The lowest BCUT2D eigenvalue weighted by molar-refractivity contribution is 0.219. The van der Waals surface area contributed by atoms with E-state index in [1.165, 1.54) is 0 Å². The van der Waals surface area contributed by atoms with Gasteiger partial charge < -0.3 is 25.8 Å². The molecular formula is C25H31N7O2. The summed E-state index contributed by atoms with van der Waals surface area (Å²) in [6, 6.07) is -0.351. The fourth-order valence-electron chi connectivity index (χ4n) is 4.04. The van der Waals surface area contributed by atoms with Crippen LogP contribution in [0.2, 0.25) is 0 Å². The molecule has 1 aromatic heterocycles. The zero-order valence-electron chi connectivity index (χ0n) is 19.8. The highest BCUT2D eigenvalue weighted by atomic mass is 16.5. The van der Waals surface area contributed by atoms with Gasteiger partial charge in [0.2, 0.25) is 0 Å². The molecule has 34 heavy (non-hydrogen) atoms. The van der Waals surface area contributed by atoms with Gasteiger partial charge in [-0.2, -0.15) is 5.10 Å². The minimum atomic E-state index is -0.352. The van der Waals surface area contributed by atoms with Gasteiger partial charge in [0.15, 0.2) is 0 Å². The molecule has 9 nitrogen and oxygen atoms in total. The van der Waals surface area contributed by atoms with Gasteiger partial charge in [-0.25, -0.2) is 4.99 Å². The maximum absolute atomic E-state index is 5.92. The summed E-state index contributed by atoms with van der Waals surface area (Å²) in [5, 5.41) is 4.25. The number of aliphatic imine (C=N–C) groups is 2. The van der Waals surface area contributed by atoms with Gasteiger partial charge in [0, 0.05) is 49.8 Å². The second-order valence-electron chi connectivity index (χ2n) is 8.28. The van der Waals surface area contributed by atoms with Crippen molar-refractivity contribution >= 4 is 11.9 Å². The molecular weight excluding hydrogens is 430 g/mol. The monoisotopic (exact) mass is 461 g/mol. The van der Waals surface area contributed by atoms with Crippen molar-refractivity contribution < 1.29 is 9.47 Å². The van der Waals surface area contributed by atoms with Crippen molar-refractivity contribution in [2.45, 2.75) is 31.0 Å². The Morgan fingerprint density at radius 1 is 1.29 bits per heavy atom. The highest BCUT2D eigenvalue weighted by Gasteiger charge is 2.28. The van der Waals surface area contributed by atoms with Crippen LogP contribution >= 0.6 is 0 Å². The van der Waals surface area contributed by atoms with Gasteiger partial charge in [-0.3, -0.25) is 9.67 Å². The third kappa shape index (κ3) is 5.30. The van der Waals surface area contributed by atoms with Crippen LogP contribution in [0.5, 0.6) is 0 Å². The lowest BCUT2D eigenvalue weighted by Gasteiger charge is -2.35. The van der Waals surface area contributed by atoms with Gasteiger partial charge in [0.25, 0.3) is 0 Å². The van der Waals surface area contributed by atoms with E-state index in [4.69, 9.17) is 30.9 Å². The van der Waals surface area contributed by atoms with E-state index in [1.807, 2.05) is 25.5 Å². The maximum Gasteiger partial charge on any atom is 0.120 e. The van der Waals surface area contributed by atoms with Gasteiger partial charge in [-0.15, -0.1) is 0 Å². The standard InChI is InChI=1S/C25H31N7O2/c1-31-16-17(14-29-31)25-15-28-23-7-6-19(11-24(23)30-25)32(8-4-5-18(27)13-26)20-9-21(33-2)12-22(10-20)34-3/h6,9,11-12,14-16,18,20,23H,7-8,10,13,26-27H2,1-3H3. The number of methoxy groups -OCH3 is 2. The maximum atomic E-state index is 5.92. The second-order valence-corrected chi connectivity index (χ2v) is 8.28. The number of nitrogens with two attached hydrogens (primary N) is 2. The molecule has 0 fully saturated rings. The Kier molecular flexibility index (Phi) is 7.30. The lowest BCUT2D eigenvalue weighted by Crippen LogP contribution is -2.37. The van der Waals surface area contributed by atoms with E-state index in [0.29, 0.717) is 19.5 Å². The first-order valence-electron chi connectivity index (χ1n) is 11.2. The van der Waals surface area contributed by atoms with Crippen LogP contribution in [0.4, 0.5) is 0 Å². The van der Waals surface area contributed by atoms with Crippen molar-refractivity contribution in [1.29, 1.82) is 0 Å². The quantitative estimate of drug-likeness (QED) is 0.591. The number of allylic oxidation sites excluding steroid dienone is 2. The number of hydrogen-bond acceptors (Lipinski definition) is 8. The normalized spacial score (nSPS) is 22.1. The molecule has 2 heterocycles. The predicted molar refractivity (Wildman–Crippen MR) is 133 cm³/mol. The average molecular weight is 462 g/mol. The average Bonchev–Trinajstić information content (AvgIpc) is 3.31. The van der Waals surface area contributed by atoms with Crippen LogP contribution in [-0.4, -0.2) is 72.0 Å². The van der Waals surface area contributed by atoms with E-state index >= 15 is 0 Å². The summed E-state index contributed by atoms with van der Waals surface area (Å²) in [4.78, 5) is 11.9. The van der Waals surface area contributed by atoms with Crippen LogP contribution in [-0.2, 0) is 16.5 Å². The Bertz CT molecular complexity index is 1160. The van der Waals surface area contributed by atoms with E-state index in [1.54, 1.807) is 25.1 Å². The van der Waals surface area contributed by atoms with Crippen molar-refractivity contribution in [1.82, 2.24) is 14.7 Å². The number of hydrogen-bond donors (Lipinski definition) is 2. The fraction of sp³-hybridized carbons (Fsp3) is 0.400. The van der Waals surface area contributed by atoms with Gasteiger partial charge in [-0.1, -0.05) is 17.9 Å². The number of aromatic nitrogens is 2. The summed E-state index contributed by atoms with van der Waals surface area (Å²) >= 11 is 0. The van der Waals surface area contributed by atoms with Crippen LogP contribution in [0.25, 0.3) is 0 Å².